The van der Waals surface area contributed by atoms with Crippen LogP contribution in [0.25, 0.3) is 0 Å². The van der Waals surface area contributed by atoms with Gasteiger partial charge in [-0.1, -0.05) is 11.6 Å². The van der Waals surface area contributed by atoms with Crippen molar-refractivity contribution in [2.24, 2.45) is 0 Å². The number of halogens is 1. The highest BCUT2D eigenvalue weighted by Crippen LogP contribution is 2.22. The smallest absolute Gasteiger partial charge is 0.325 e. The van der Waals surface area contributed by atoms with Crippen LogP contribution in [0.3, 0.4) is 0 Å². The fraction of sp³-hybridized carbons (Fsp3) is 0.333. The number of urea groups is 1. The van der Waals surface area contributed by atoms with Gasteiger partial charge in [-0.15, -0.1) is 0 Å². The average Bonchev–Trinajstić information content (AvgIpc) is 2.36. The molecular formula is C12H15ClN2O4. The topological polar surface area (TPSA) is 87.7 Å². The van der Waals surface area contributed by atoms with Crippen LogP contribution in [0.2, 0.25) is 5.02 Å². The summed E-state index contributed by atoms with van der Waals surface area (Å²) in [5.41, 5.74) is 0.702. The Morgan fingerprint density at radius 3 is 2.74 bits per heavy atom. The summed E-state index contributed by atoms with van der Waals surface area (Å²) in [7, 11) is 1.51. The summed E-state index contributed by atoms with van der Waals surface area (Å²) in [6, 6.07) is 3.51. The molecule has 1 unspecified atom stereocenters. The molecule has 1 aromatic rings. The number of carboxylic acids is 1. The Hall–Kier alpha value is -1.95. The second kappa shape index (κ2) is 6.84. The molecule has 1 atom stereocenters. The van der Waals surface area contributed by atoms with E-state index in [-0.39, 0.29) is 6.54 Å². The Balaban J connectivity index is 2.59. The van der Waals surface area contributed by atoms with Crippen molar-refractivity contribution in [3.05, 3.63) is 28.8 Å². The number of carbonyl (C=O) groups excluding carboxylic acids is 1. The third-order valence-electron chi connectivity index (χ3n) is 2.40. The molecule has 0 saturated heterocycles. The zero-order chi connectivity index (χ0) is 14.4. The first-order valence-corrected chi connectivity index (χ1v) is 5.91. The van der Waals surface area contributed by atoms with E-state index in [1.54, 1.807) is 18.2 Å². The van der Waals surface area contributed by atoms with Gasteiger partial charge in [0.2, 0.25) is 0 Å². The van der Waals surface area contributed by atoms with E-state index < -0.39 is 18.0 Å². The Kier molecular flexibility index (Phi) is 5.44. The molecule has 104 valence electrons. The molecule has 0 bridgehead atoms. The molecule has 3 N–H and O–H groups in total. The number of amides is 2. The monoisotopic (exact) mass is 286 g/mol. The van der Waals surface area contributed by atoms with Crippen molar-refractivity contribution in [2.45, 2.75) is 19.5 Å². The Morgan fingerprint density at radius 1 is 1.47 bits per heavy atom. The second-order valence-corrected chi connectivity index (χ2v) is 4.28. The van der Waals surface area contributed by atoms with Gasteiger partial charge in [-0.05, 0) is 25.1 Å². The minimum atomic E-state index is -1.10. The quantitative estimate of drug-likeness (QED) is 0.767. The van der Waals surface area contributed by atoms with E-state index in [9.17, 15) is 9.59 Å². The summed E-state index contributed by atoms with van der Waals surface area (Å²) < 4.78 is 5.13. The van der Waals surface area contributed by atoms with E-state index in [0.717, 1.165) is 0 Å². The lowest BCUT2D eigenvalue weighted by Gasteiger charge is -2.12. The number of methoxy groups -OCH3 is 1. The standard InChI is InChI=1S/C12H15ClN2O4/c1-7(11(16)17)15-12(18)14-6-8-5-9(13)3-4-10(8)19-2/h3-5,7H,6H2,1-2H3,(H,16,17)(H2,14,15,18). The zero-order valence-electron chi connectivity index (χ0n) is 10.6. The van der Waals surface area contributed by atoms with Crippen LogP contribution in [-0.2, 0) is 11.3 Å². The molecule has 1 rings (SSSR count). The summed E-state index contributed by atoms with van der Waals surface area (Å²) in [5, 5.41) is 14.0. The Bertz CT molecular complexity index is 479. The minimum Gasteiger partial charge on any atom is -0.496 e. The van der Waals surface area contributed by atoms with Gasteiger partial charge in [0.1, 0.15) is 11.8 Å². The van der Waals surface area contributed by atoms with Gasteiger partial charge in [-0.2, -0.15) is 0 Å². The van der Waals surface area contributed by atoms with Gasteiger partial charge in [0.25, 0.3) is 0 Å². The van der Waals surface area contributed by atoms with Crippen molar-refractivity contribution in [1.29, 1.82) is 0 Å². The van der Waals surface area contributed by atoms with Crippen LogP contribution in [0.15, 0.2) is 18.2 Å². The largest absolute Gasteiger partial charge is 0.496 e. The zero-order valence-corrected chi connectivity index (χ0v) is 11.3. The first-order valence-electron chi connectivity index (χ1n) is 5.53. The highest BCUT2D eigenvalue weighted by atomic mass is 35.5. The van der Waals surface area contributed by atoms with Gasteiger partial charge < -0.3 is 20.5 Å². The maximum absolute atomic E-state index is 11.5. The van der Waals surface area contributed by atoms with Crippen LogP contribution >= 0.6 is 11.6 Å². The molecule has 0 spiro atoms. The van der Waals surface area contributed by atoms with Crippen LogP contribution in [-0.4, -0.2) is 30.3 Å². The molecule has 0 aliphatic rings. The van der Waals surface area contributed by atoms with Gasteiger partial charge in [-0.3, -0.25) is 4.79 Å². The molecule has 0 aliphatic heterocycles. The molecule has 7 heteroatoms. The fourth-order valence-electron chi connectivity index (χ4n) is 1.37. The Morgan fingerprint density at radius 2 is 2.16 bits per heavy atom. The van der Waals surface area contributed by atoms with Gasteiger partial charge in [0, 0.05) is 17.1 Å². The number of carboxylic acid groups (broad SMARTS) is 1. The first kappa shape index (κ1) is 15.1. The van der Waals surface area contributed by atoms with Crippen molar-refractivity contribution in [2.75, 3.05) is 7.11 Å². The number of aliphatic carboxylic acids is 1. The van der Waals surface area contributed by atoms with E-state index in [1.165, 1.54) is 14.0 Å². The molecule has 0 fully saturated rings. The minimum absolute atomic E-state index is 0.182. The molecule has 0 saturated carbocycles. The SMILES string of the molecule is COc1ccc(Cl)cc1CNC(=O)NC(C)C(=O)O. The number of hydrogen-bond acceptors (Lipinski definition) is 3. The Labute approximate surface area is 115 Å². The molecule has 0 aliphatic carbocycles. The van der Waals surface area contributed by atoms with E-state index >= 15 is 0 Å². The van der Waals surface area contributed by atoms with E-state index in [2.05, 4.69) is 10.6 Å². The summed E-state index contributed by atoms with van der Waals surface area (Å²) in [4.78, 5) is 22.0. The lowest BCUT2D eigenvalue weighted by molar-refractivity contribution is -0.138. The maximum atomic E-state index is 11.5. The molecule has 0 aromatic heterocycles. The van der Waals surface area contributed by atoms with Crippen molar-refractivity contribution < 1.29 is 19.4 Å². The number of rotatable bonds is 5. The highest BCUT2D eigenvalue weighted by Gasteiger charge is 2.13. The third kappa shape index (κ3) is 4.67. The number of nitrogens with one attached hydrogen (secondary N) is 2. The molecule has 1 aromatic carbocycles. The predicted molar refractivity (Wildman–Crippen MR) is 70.5 cm³/mol. The maximum Gasteiger partial charge on any atom is 0.325 e. The molecular weight excluding hydrogens is 272 g/mol. The van der Waals surface area contributed by atoms with E-state index in [4.69, 9.17) is 21.4 Å². The van der Waals surface area contributed by atoms with Crippen molar-refractivity contribution >= 4 is 23.6 Å². The second-order valence-electron chi connectivity index (χ2n) is 3.84. The third-order valence-corrected chi connectivity index (χ3v) is 2.63. The lowest BCUT2D eigenvalue weighted by atomic mass is 10.2. The van der Waals surface area contributed by atoms with Gasteiger partial charge in [0.05, 0.1) is 7.11 Å². The first-order chi connectivity index (χ1) is 8.93. The van der Waals surface area contributed by atoms with Crippen molar-refractivity contribution in [1.82, 2.24) is 10.6 Å². The highest BCUT2D eigenvalue weighted by molar-refractivity contribution is 6.30. The lowest BCUT2D eigenvalue weighted by Crippen LogP contribution is -2.44. The van der Waals surface area contributed by atoms with E-state index in [0.29, 0.717) is 16.3 Å². The summed E-state index contributed by atoms with van der Waals surface area (Å²) in [6.07, 6.45) is 0. The summed E-state index contributed by atoms with van der Waals surface area (Å²) in [5.74, 6) is -0.508. The molecule has 0 heterocycles. The number of hydrogen-bond donors (Lipinski definition) is 3. The van der Waals surface area contributed by atoms with Crippen LogP contribution in [0.5, 0.6) is 5.75 Å². The number of carbonyl (C=O) groups is 2. The predicted octanol–water partition coefficient (Wildman–Crippen LogP) is 1.62. The number of ether oxygens (including phenoxy) is 1. The normalized spacial score (nSPS) is 11.5. The van der Waals surface area contributed by atoms with Crippen molar-refractivity contribution in [3.8, 4) is 5.75 Å². The fourth-order valence-corrected chi connectivity index (χ4v) is 1.56. The van der Waals surface area contributed by atoms with E-state index in [1.807, 2.05) is 0 Å². The van der Waals surface area contributed by atoms with Gasteiger partial charge in [-0.25, -0.2) is 4.79 Å². The van der Waals surface area contributed by atoms with Gasteiger partial charge >= 0.3 is 12.0 Å². The molecule has 0 radical (unpaired) electrons. The summed E-state index contributed by atoms with van der Waals surface area (Å²) in [6.45, 7) is 1.56. The molecule has 19 heavy (non-hydrogen) atoms. The van der Waals surface area contributed by atoms with Crippen LogP contribution in [0.1, 0.15) is 12.5 Å². The molecule has 6 nitrogen and oxygen atoms in total. The van der Waals surface area contributed by atoms with Crippen LogP contribution in [0, 0.1) is 0 Å². The van der Waals surface area contributed by atoms with Crippen molar-refractivity contribution in [3.63, 3.8) is 0 Å². The van der Waals surface area contributed by atoms with Crippen LogP contribution in [0.4, 0.5) is 4.79 Å². The number of benzene rings is 1. The average molecular weight is 287 g/mol. The van der Waals surface area contributed by atoms with Crippen LogP contribution < -0.4 is 15.4 Å². The van der Waals surface area contributed by atoms with Gasteiger partial charge in [0.15, 0.2) is 0 Å². The summed E-state index contributed by atoms with van der Waals surface area (Å²) >= 11 is 5.85. The molecule has 2 amide bonds.